The van der Waals surface area contributed by atoms with Crippen molar-refractivity contribution >= 4 is 0 Å². The van der Waals surface area contributed by atoms with Gasteiger partial charge in [-0.1, -0.05) is 6.42 Å². The molecule has 2 saturated carbocycles. The molecule has 7 heavy (non-hydrogen) atoms. The van der Waals surface area contributed by atoms with Gasteiger partial charge in [0.25, 0.3) is 0 Å². The first-order valence-electron chi connectivity index (χ1n) is 3.04. The molecule has 2 atom stereocenters. The van der Waals surface area contributed by atoms with E-state index in [1.807, 2.05) is 0 Å². The summed E-state index contributed by atoms with van der Waals surface area (Å²) in [6.07, 6.45) is 4.74. The molecule has 2 rings (SSSR count). The van der Waals surface area contributed by atoms with Crippen LogP contribution in [0.3, 0.4) is 0 Å². The Morgan fingerprint density at radius 2 is 2.43 bits per heavy atom. The van der Waals surface area contributed by atoms with Crippen LogP contribution in [0.1, 0.15) is 25.7 Å². The van der Waals surface area contributed by atoms with E-state index in [-0.39, 0.29) is 5.60 Å². The Labute approximate surface area is 43.3 Å². The van der Waals surface area contributed by atoms with E-state index in [1.54, 1.807) is 0 Å². The molecule has 0 amide bonds. The monoisotopic (exact) mass is 98.1 g/mol. The molecule has 1 N–H and O–H groups in total. The van der Waals surface area contributed by atoms with E-state index in [1.165, 1.54) is 12.8 Å². The molecule has 1 heteroatoms. The van der Waals surface area contributed by atoms with E-state index < -0.39 is 0 Å². The van der Waals surface area contributed by atoms with E-state index in [0.29, 0.717) is 5.92 Å². The van der Waals surface area contributed by atoms with Crippen molar-refractivity contribution in [3.05, 3.63) is 0 Å². The van der Waals surface area contributed by atoms with Gasteiger partial charge in [0.05, 0.1) is 5.60 Å². The Bertz CT molecular complexity index is 98.4. The topological polar surface area (TPSA) is 20.2 Å². The molecule has 0 spiro atoms. The lowest BCUT2D eigenvalue weighted by Gasteiger charge is -1.96. The Morgan fingerprint density at radius 3 is 2.57 bits per heavy atom. The number of aliphatic hydroxyl groups is 1. The van der Waals surface area contributed by atoms with E-state index >= 15 is 0 Å². The Balaban J connectivity index is 2.17. The Kier molecular flexibility index (Phi) is 0.487. The first-order chi connectivity index (χ1) is 3.31. The fourth-order valence-corrected chi connectivity index (χ4v) is 1.70. The van der Waals surface area contributed by atoms with Gasteiger partial charge >= 0.3 is 0 Å². The maximum absolute atomic E-state index is 9.27. The summed E-state index contributed by atoms with van der Waals surface area (Å²) in [5.41, 5.74) is -0.139. The number of rotatable bonds is 0. The quantitative estimate of drug-likeness (QED) is 0.477. The van der Waals surface area contributed by atoms with Gasteiger partial charge in [-0.15, -0.1) is 0 Å². The van der Waals surface area contributed by atoms with Crippen LogP contribution in [0.4, 0.5) is 0 Å². The molecule has 0 heterocycles. The van der Waals surface area contributed by atoms with Gasteiger partial charge in [-0.05, 0) is 25.2 Å². The average Bonchev–Trinajstić information content (AvgIpc) is 2.09. The van der Waals surface area contributed by atoms with Gasteiger partial charge in [-0.3, -0.25) is 0 Å². The minimum Gasteiger partial charge on any atom is -0.390 e. The van der Waals surface area contributed by atoms with Crippen LogP contribution in [0.5, 0.6) is 0 Å². The number of hydrogen-bond donors (Lipinski definition) is 1. The summed E-state index contributed by atoms with van der Waals surface area (Å²) in [6.45, 7) is 0. The molecule has 0 aromatic rings. The second-order valence-electron chi connectivity index (χ2n) is 2.90. The highest BCUT2D eigenvalue weighted by Crippen LogP contribution is 2.55. The number of hydrogen-bond acceptors (Lipinski definition) is 1. The predicted molar refractivity (Wildman–Crippen MR) is 26.9 cm³/mol. The summed E-state index contributed by atoms with van der Waals surface area (Å²) in [7, 11) is 0. The lowest BCUT2D eigenvalue weighted by atomic mass is 10.2. The standard InChI is InChI=1S/C6H10O/c7-6-3-1-2-5(6)4-6/h5,7H,1-4H2/t5-,6-/m1/s1. The summed E-state index contributed by atoms with van der Waals surface area (Å²) in [5.74, 6) is 0.715. The second kappa shape index (κ2) is 0.873. The molecular formula is C6H10O. The van der Waals surface area contributed by atoms with Gasteiger partial charge in [0.15, 0.2) is 0 Å². The van der Waals surface area contributed by atoms with Crippen molar-refractivity contribution in [3.8, 4) is 0 Å². The summed E-state index contributed by atoms with van der Waals surface area (Å²) in [4.78, 5) is 0. The fraction of sp³-hybridized carbons (Fsp3) is 1.00. The molecule has 0 unspecified atom stereocenters. The first-order valence-corrected chi connectivity index (χ1v) is 3.04. The van der Waals surface area contributed by atoms with Crippen molar-refractivity contribution in [1.82, 2.24) is 0 Å². The van der Waals surface area contributed by atoms with Crippen LogP contribution in [0.25, 0.3) is 0 Å². The highest BCUT2D eigenvalue weighted by Gasteiger charge is 2.55. The van der Waals surface area contributed by atoms with Crippen LogP contribution in [-0.2, 0) is 0 Å². The van der Waals surface area contributed by atoms with Crippen LogP contribution in [0, 0.1) is 5.92 Å². The van der Waals surface area contributed by atoms with Gasteiger partial charge in [-0.25, -0.2) is 0 Å². The lowest BCUT2D eigenvalue weighted by molar-refractivity contribution is 0.142. The highest BCUT2D eigenvalue weighted by atomic mass is 16.3. The zero-order valence-electron chi connectivity index (χ0n) is 4.35. The molecule has 0 aromatic heterocycles. The smallest absolute Gasteiger partial charge is 0.0680 e. The van der Waals surface area contributed by atoms with E-state index in [4.69, 9.17) is 0 Å². The van der Waals surface area contributed by atoms with E-state index in [9.17, 15) is 5.11 Å². The maximum Gasteiger partial charge on any atom is 0.0680 e. The van der Waals surface area contributed by atoms with Crippen molar-refractivity contribution in [3.63, 3.8) is 0 Å². The lowest BCUT2D eigenvalue weighted by Crippen LogP contribution is -2.02. The molecule has 1 nitrogen and oxygen atoms in total. The van der Waals surface area contributed by atoms with E-state index in [2.05, 4.69) is 0 Å². The molecule has 40 valence electrons. The third-order valence-electron chi connectivity index (χ3n) is 2.36. The molecule has 2 aliphatic rings. The van der Waals surface area contributed by atoms with Crippen molar-refractivity contribution in [2.75, 3.05) is 0 Å². The third-order valence-corrected chi connectivity index (χ3v) is 2.36. The average molecular weight is 98.1 g/mol. The molecule has 0 saturated heterocycles. The SMILES string of the molecule is O[C@@]12CCC[C@@H]1C2. The summed E-state index contributed by atoms with van der Waals surface area (Å²) < 4.78 is 0. The zero-order chi connectivity index (χ0) is 4.91. The summed E-state index contributed by atoms with van der Waals surface area (Å²) in [5, 5.41) is 9.27. The summed E-state index contributed by atoms with van der Waals surface area (Å²) in [6, 6.07) is 0. The van der Waals surface area contributed by atoms with Gasteiger partial charge in [0, 0.05) is 0 Å². The molecule has 0 aromatic carbocycles. The normalized spacial score (nSPS) is 57.0. The van der Waals surface area contributed by atoms with Gasteiger partial charge in [-0.2, -0.15) is 0 Å². The number of fused-ring (bicyclic) bond motifs is 1. The van der Waals surface area contributed by atoms with Crippen LogP contribution in [-0.4, -0.2) is 10.7 Å². The van der Waals surface area contributed by atoms with Crippen LogP contribution >= 0.6 is 0 Å². The van der Waals surface area contributed by atoms with Crippen LogP contribution in [0.2, 0.25) is 0 Å². The predicted octanol–water partition coefficient (Wildman–Crippen LogP) is 0.921. The molecule has 2 aliphatic carbocycles. The van der Waals surface area contributed by atoms with Crippen molar-refractivity contribution in [2.45, 2.75) is 31.3 Å². The summed E-state index contributed by atoms with van der Waals surface area (Å²) >= 11 is 0. The second-order valence-corrected chi connectivity index (χ2v) is 2.90. The van der Waals surface area contributed by atoms with Gasteiger partial charge < -0.3 is 5.11 Å². The minimum absolute atomic E-state index is 0.139. The largest absolute Gasteiger partial charge is 0.390 e. The highest BCUT2D eigenvalue weighted by molar-refractivity contribution is 5.07. The fourth-order valence-electron chi connectivity index (χ4n) is 1.70. The zero-order valence-corrected chi connectivity index (χ0v) is 4.35. The van der Waals surface area contributed by atoms with Gasteiger partial charge in [0.2, 0.25) is 0 Å². The molecule has 0 bridgehead atoms. The van der Waals surface area contributed by atoms with Crippen molar-refractivity contribution in [2.24, 2.45) is 5.92 Å². The maximum atomic E-state index is 9.27. The Hall–Kier alpha value is -0.0400. The molecular weight excluding hydrogens is 88.1 g/mol. The molecule has 0 aliphatic heterocycles. The molecule has 2 fully saturated rings. The van der Waals surface area contributed by atoms with Crippen LogP contribution in [0.15, 0.2) is 0 Å². The minimum atomic E-state index is -0.139. The Morgan fingerprint density at radius 1 is 1.57 bits per heavy atom. The van der Waals surface area contributed by atoms with Crippen LogP contribution < -0.4 is 0 Å². The molecule has 0 radical (unpaired) electrons. The first kappa shape index (κ1) is 3.90. The third kappa shape index (κ3) is 0.367. The van der Waals surface area contributed by atoms with Crippen molar-refractivity contribution in [1.29, 1.82) is 0 Å². The van der Waals surface area contributed by atoms with E-state index in [0.717, 1.165) is 12.8 Å². The van der Waals surface area contributed by atoms with Gasteiger partial charge in [0.1, 0.15) is 0 Å². The van der Waals surface area contributed by atoms with Crippen molar-refractivity contribution < 1.29 is 5.11 Å².